The number of rotatable bonds is 2. The molecule has 1 aromatic rings. The zero-order chi connectivity index (χ0) is 12.5. The van der Waals surface area contributed by atoms with Crippen molar-refractivity contribution in [3.05, 3.63) is 46.3 Å². The van der Waals surface area contributed by atoms with Gasteiger partial charge in [-0.15, -0.1) is 11.8 Å². The van der Waals surface area contributed by atoms with Gasteiger partial charge in [0.05, 0.1) is 16.5 Å². The SMILES string of the molecule is CN1/C(=C/S(C)(=O)=O)SC[C@H]1c1ccccc1. The van der Waals surface area contributed by atoms with Crippen LogP contribution in [0, 0.1) is 0 Å². The first-order valence-electron chi connectivity index (χ1n) is 5.30. The molecule has 1 aromatic carbocycles. The highest BCUT2D eigenvalue weighted by atomic mass is 32.2. The number of nitrogens with zero attached hydrogens (tertiary/aromatic N) is 1. The Morgan fingerprint density at radius 1 is 1.35 bits per heavy atom. The highest BCUT2D eigenvalue weighted by Crippen LogP contribution is 2.39. The van der Waals surface area contributed by atoms with Gasteiger partial charge in [0.25, 0.3) is 0 Å². The third-order valence-corrected chi connectivity index (χ3v) is 4.69. The van der Waals surface area contributed by atoms with Gasteiger partial charge in [-0.2, -0.15) is 0 Å². The number of sulfone groups is 1. The summed E-state index contributed by atoms with van der Waals surface area (Å²) in [5.74, 6) is 0.891. The van der Waals surface area contributed by atoms with Crippen LogP contribution in [0.25, 0.3) is 0 Å². The van der Waals surface area contributed by atoms with E-state index in [0.717, 1.165) is 10.8 Å². The molecule has 0 saturated carbocycles. The van der Waals surface area contributed by atoms with Crippen LogP contribution in [0.3, 0.4) is 0 Å². The maximum atomic E-state index is 11.3. The summed E-state index contributed by atoms with van der Waals surface area (Å²) in [4.78, 5) is 2.03. The highest BCUT2D eigenvalue weighted by Gasteiger charge is 2.27. The topological polar surface area (TPSA) is 37.4 Å². The zero-order valence-corrected chi connectivity index (χ0v) is 11.5. The van der Waals surface area contributed by atoms with Crippen molar-refractivity contribution in [1.29, 1.82) is 0 Å². The molecule has 1 aliphatic rings. The predicted octanol–water partition coefficient (Wildman–Crippen LogP) is 2.25. The molecular weight excluding hydrogens is 254 g/mol. The van der Waals surface area contributed by atoms with E-state index in [-0.39, 0.29) is 6.04 Å². The maximum absolute atomic E-state index is 11.3. The molecular formula is C12H15NO2S2. The van der Waals surface area contributed by atoms with Crippen molar-refractivity contribution in [2.24, 2.45) is 0 Å². The molecule has 17 heavy (non-hydrogen) atoms. The van der Waals surface area contributed by atoms with Crippen LogP contribution in [0.15, 0.2) is 40.8 Å². The molecule has 3 nitrogen and oxygen atoms in total. The van der Waals surface area contributed by atoms with Crippen molar-refractivity contribution >= 4 is 21.6 Å². The van der Waals surface area contributed by atoms with E-state index >= 15 is 0 Å². The minimum absolute atomic E-state index is 0.259. The Balaban J connectivity index is 2.25. The largest absolute Gasteiger partial charge is 0.361 e. The fraction of sp³-hybridized carbons (Fsp3) is 0.333. The van der Waals surface area contributed by atoms with E-state index in [1.807, 2.05) is 30.1 Å². The first-order valence-corrected chi connectivity index (χ1v) is 8.24. The summed E-state index contributed by atoms with van der Waals surface area (Å²) in [6, 6.07) is 10.4. The van der Waals surface area contributed by atoms with Gasteiger partial charge >= 0.3 is 0 Å². The second kappa shape index (κ2) is 4.74. The minimum atomic E-state index is -3.07. The van der Waals surface area contributed by atoms with Crippen molar-refractivity contribution in [2.75, 3.05) is 19.1 Å². The molecule has 1 atom stereocenters. The molecule has 0 N–H and O–H groups in total. The van der Waals surface area contributed by atoms with Crippen molar-refractivity contribution in [3.8, 4) is 0 Å². The molecule has 0 radical (unpaired) electrons. The van der Waals surface area contributed by atoms with Crippen LogP contribution in [0.2, 0.25) is 0 Å². The highest BCUT2D eigenvalue weighted by molar-refractivity contribution is 8.04. The third kappa shape index (κ3) is 3.04. The molecule has 0 unspecified atom stereocenters. The Bertz CT molecular complexity index is 523. The summed E-state index contributed by atoms with van der Waals surface area (Å²) in [6.07, 6.45) is 1.23. The summed E-state index contributed by atoms with van der Waals surface area (Å²) in [5, 5.41) is 2.17. The van der Waals surface area contributed by atoms with Crippen LogP contribution in [0.1, 0.15) is 11.6 Å². The van der Waals surface area contributed by atoms with Crippen molar-refractivity contribution in [2.45, 2.75) is 6.04 Å². The molecule has 92 valence electrons. The van der Waals surface area contributed by atoms with E-state index < -0.39 is 9.84 Å². The van der Waals surface area contributed by atoms with Gasteiger partial charge in [0, 0.05) is 19.1 Å². The van der Waals surface area contributed by atoms with E-state index in [1.165, 1.54) is 17.2 Å². The Hall–Kier alpha value is -0.940. The molecule has 0 aliphatic carbocycles. The number of hydrogen-bond donors (Lipinski definition) is 0. The lowest BCUT2D eigenvalue weighted by molar-refractivity contribution is 0.374. The molecule has 1 aliphatic heterocycles. The van der Waals surface area contributed by atoms with Gasteiger partial charge in [0.15, 0.2) is 9.84 Å². The number of benzene rings is 1. The van der Waals surface area contributed by atoms with E-state index in [1.54, 1.807) is 11.8 Å². The lowest BCUT2D eigenvalue weighted by atomic mass is 10.1. The summed E-state index contributed by atoms with van der Waals surface area (Å²) in [6.45, 7) is 0. The van der Waals surface area contributed by atoms with Crippen LogP contribution in [-0.4, -0.2) is 32.4 Å². The number of hydrogen-bond acceptors (Lipinski definition) is 4. The van der Waals surface area contributed by atoms with Gasteiger partial charge in [-0.05, 0) is 5.56 Å². The standard InChI is InChI=1S/C12H15NO2S2/c1-13-11(10-6-4-3-5-7-10)8-16-12(13)9-17(2,14)15/h3-7,9,11H,8H2,1-2H3/b12-9-/t11-/m0/s1. The molecule has 1 fully saturated rings. The zero-order valence-electron chi connectivity index (χ0n) is 9.83. The molecule has 0 aromatic heterocycles. The van der Waals surface area contributed by atoms with Crippen molar-refractivity contribution in [3.63, 3.8) is 0 Å². The van der Waals surface area contributed by atoms with Gasteiger partial charge < -0.3 is 4.90 Å². The average molecular weight is 269 g/mol. The molecule has 5 heteroatoms. The minimum Gasteiger partial charge on any atom is -0.361 e. The Morgan fingerprint density at radius 2 is 2.00 bits per heavy atom. The fourth-order valence-corrected chi connectivity index (χ4v) is 4.23. The molecule has 1 heterocycles. The lowest BCUT2D eigenvalue weighted by Gasteiger charge is -2.21. The predicted molar refractivity (Wildman–Crippen MR) is 72.3 cm³/mol. The van der Waals surface area contributed by atoms with Gasteiger partial charge in [-0.3, -0.25) is 0 Å². The van der Waals surface area contributed by atoms with Gasteiger partial charge in [0.2, 0.25) is 0 Å². The third-order valence-electron chi connectivity index (χ3n) is 2.70. The Labute approximate surface area is 106 Å². The van der Waals surface area contributed by atoms with E-state index in [2.05, 4.69) is 12.1 Å². The monoisotopic (exact) mass is 269 g/mol. The van der Waals surface area contributed by atoms with Gasteiger partial charge in [0.1, 0.15) is 0 Å². The summed E-state index contributed by atoms with van der Waals surface area (Å²) >= 11 is 1.59. The molecule has 0 spiro atoms. The first-order chi connectivity index (χ1) is 7.97. The van der Waals surface area contributed by atoms with Gasteiger partial charge in [-0.25, -0.2) is 8.42 Å². The van der Waals surface area contributed by atoms with Crippen molar-refractivity contribution < 1.29 is 8.42 Å². The fourth-order valence-electron chi connectivity index (χ4n) is 1.83. The normalized spacial score (nSPS) is 23.3. The quantitative estimate of drug-likeness (QED) is 0.825. The summed E-state index contributed by atoms with van der Waals surface area (Å²) in [5.41, 5.74) is 1.22. The summed E-state index contributed by atoms with van der Waals surface area (Å²) < 4.78 is 22.5. The Kier molecular flexibility index (Phi) is 3.49. The first kappa shape index (κ1) is 12.5. The van der Waals surface area contributed by atoms with Crippen molar-refractivity contribution in [1.82, 2.24) is 4.90 Å². The summed E-state index contributed by atoms with van der Waals surface area (Å²) in [7, 11) is -1.13. The van der Waals surface area contributed by atoms with Gasteiger partial charge in [-0.1, -0.05) is 30.3 Å². The average Bonchev–Trinajstić information content (AvgIpc) is 2.60. The van der Waals surface area contributed by atoms with E-state index in [4.69, 9.17) is 0 Å². The second-order valence-corrected chi connectivity index (χ2v) is 7.07. The van der Waals surface area contributed by atoms with E-state index in [9.17, 15) is 8.42 Å². The molecule has 0 amide bonds. The smallest absolute Gasteiger partial charge is 0.171 e. The van der Waals surface area contributed by atoms with Crippen LogP contribution in [-0.2, 0) is 9.84 Å². The van der Waals surface area contributed by atoms with Crippen LogP contribution in [0.4, 0.5) is 0 Å². The van der Waals surface area contributed by atoms with E-state index in [0.29, 0.717) is 0 Å². The second-order valence-electron chi connectivity index (χ2n) is 4.13. The Morgan fingerprint density at radius 3 is 2.59 bits per heavy atom. The number of thioether (sulfide) groups is 1. The lowest BCUT2D eigenvalue weighted by Crippen LogP contribution is -2.18. The molecule has 2 rings (SSSR count). The van der Waals surface area contributed by atoms with Crippen LogP contribution >= 0.6 is 11.8 Å². The molecule has 0 bridgehead atoms. The van der Waals surface area contributed by atoms with Crippen LogP contribution < -0.4 is 0 Å². The maximum Gasteiger partial charge on any atom is 0.171 e. The molecule has 1 saturated heterocycles. The van der Waals surface area contributed by atoms with Crippen LogP contribution in [0.5, 0.6) is 0 Å².